The number of aromatic carboxylic acids is 1. The molecule has 0 atom stereocenters. The first-order valence-corrected chi connectivity index (χ1v) is 5.18. The van der Waals surface area contributed by atoms with Crippen LogP contribution in [0.15, 0.2) is 24.3 Å². The summed E-state index contributed by atoms with van der Waals surface area (Å²) in [4.78, 5) is 21.3. The van der Waals surface area contributed by atoms with E-state index in [9.17, 15) is 9.59 Å². The van der Waals surface area contributed by atoms with Crippen molar-refractivity contribution in [2.45, 2.75) is 12.8 Å². The van der Waals surface area contributed by atoms with Gasteiger partial charge in [-0.2, -0.15) is 5.26 Å². The van der Waals surface area contributed by atoms with Gasteiger partial charge in [0.2, 0.25) is 0 Å². The van der Waals surface area contributed by atoms with Crippen LogP contribution in [-0.2, 0) is 11.2 Å². The van der Waals surface area contributed by atoms with E-state index in [4.69, 9.17) is 15.5 Å². The summed E-state index contributed by atoms with van der Waals surface area (Å²) in [5.41, 5.74) is 1.38. The Morgan fingerprint density at radius 1 is 1.33 bits per heavy atom. The molecule has 1 aromatic carbocycles. The average Bonchev–Trinajstić information content (AvgIpc) is 2.33. The van der Waals surface area contributed by atoms with Crippen molar-refractivity contribution >= 4 is 18.0 Å². The van der Waals surface area contributed by atoms with E-state index in [2.05, 4.69) is 0 Å². The van der Waals surface area contributed by atoms with Gasteiger partial charge in [0.15, 0.2) is 0 Å². The first kappa shape index (κ1) is 13.5. The Morgan fingerprint density at radius 2 is 2.06 bits per heavy atom. The molecular weight excluding hydrogens is 234 g/mol. The predicted molar refractivity (Wildman–Crippen MR) is 64.0 cm³/mol. The van der Waals surface area contributed by atoms with E-state index in [1.165, 1.54) is 24.3 Å². The molecule has 0 aliphatic carbocycles. The van der Waals surface area contributed by atoms with Gasteiger partial charge in [-0.05, 0) is 35.8 Å². The van der Waals surface area contributed by atoms with Gasteiger partial charge in [0.1, 0.15) is 0 Å². The highest BCUT2D eigenvalue weighted by Crippen LogP contribution is 2.16. The van der Waals surface area contributed by atoms with Gasteiger partial charge < -0.3 is 10.2 Å². The van der Waals surface area contributed by atoms with Crippen molar-refractivity contribution in [3.8, 4) is 6.07 Å². The van der Waals surface area contributed by atoms with E-state index in [1.54, 1.807) is 0 Å². The quantitative estimate of drug-likeness (QED) is 0.772. The van der Waals surface area contributed by atoms with E-state index >= 15 is 0 Å². The minimum atomic E-state index is -1.08. The Hall–Kier alpha value is -2.61. The molecule has 0 aliphatic rings. The maximum absolute atomic E-state index is 10.8. The van der Waals surface area contributed by atoms with Gasteiger partial charge in [0.05, 0.1) is 11.6 Å². The number of hydrogen-bond donors (Lipinski definition) is 2. The fraction of sp³-hybridized carbons (Fsp3) is 0.154. The lowest BCUT2D eigenvalue weighted by Gasteiger charge is -2.05. The van der Waals surface area contributed by atoms with Crippen LogP contribution in [0.5, 0.6) is 0 Å². The van der Waals surface area contributed by atoms with Gasteiger partial charge in [-0.1, -0.05) is 6.07 Å². The lowest BCUT2D eigenvalue weighted by molar-refractivity contribution is -0.131. The Balaban J connectivity index is 3.12. The number of carboxylic acid groups (broad SMARTS) is 2. The molecule has 0 heterocycles. The summed E-state index contributed by atoms with van der Waals surface area (Å²) in [6, 6.07) is 6.37. The van der Waals surface area contributed by atoms with Gasteiger partial charge in [0, 0.05) is 12.5 Å². The minimum Gasteiger partial charge on any atom is -0.478 e. The largest absolute Gasteiger partial charge is 0.478 e. The van der Waals surface area contributed by atoms with Crippen LogP contribution in [0.1, 0.15) is 27.9 Å². The second kappa shape index (κ2) is 6.21. The molecule has 2 N–H and O–H groups in total. The number of benzene rings is 1. The van der Waals surface area contributed by atoms with E-state index in [-0.39, 0.29) is 12.0 Å². The highest BCUT2D eigenvalue weighted by Gasteiger charge is 2.07. The Bertz CT molecular complexity index is 540. The Labute approximate surface area is 104 Å². The van der Waals surface area contributed by atoms with Gasteiger partial charge >= 0.3 is 11.9 Å². The minimum absolute atomic E-state index is 0.121. The van der Waals surface area contributed by atoms with Gasteiger partial charge in [-0.3, -0.25) is 0 Å². The molecule has 0 spiro atoms. The normalized spacial score (nSPS) is 10.2. The molecule has 0 bridgehead atoms. The van der Waals surface area contributed by atoms with Crippen molar-refractivity contribution in [2.75, 3.05) is 0 Å². The van der Waals surface area contributed by atoms with E-state index < -0.39 is 11.9 Å². The van der Waals surface area contributed by atoms with Crippen LogP contribution in [0.3, 0.4) is 0 Å². The molecule has 0 saturated carbocycles. The number of nitrogens with zero attached hydrogens (tertiary/aromatic N) is 1. The molecule has 5 heteroatoms. The van der Waals surface area contributed by atoms with Crippen molar-refractivity contribution < 1.29 is 19.8 Å². The molecule has 0 radical (unpaired) electrons. The van der Waals surface area contributed by atoms with E-state index in [1.807, 2.05) is 6.07 Å². The lowest BCUT2D eigenvalue weighted by atomic mass is 9.99. The molecule has 0 aromatic heterocycles. The summed E-state index contributed by atoms with van der Waals surface area (Å²) in [5, 5.41) is 26.0. The standard InChI is InChI=1S/C13H11NO4/c14-7-1-2-10-8-11(13(17)18)4-3-9(10)5-6-12(15)16/h3-6,8H,1-2H2,(H,15,16)(H,17,18)/b6-5+. The van der Waals surface area contributed by atoms with Crippen LogP contribution in [0.2, 0.25) is 0 Å². The topological polar surface area (TPSA) is 98.4 Å². The number of rotatable bonds is 5. The van der Waals surface area contributed by atoms with Crippen LogP contribution in [0.25, 0.3) is 6.08 Å². The van der Waals surface area contributed by atoms with Crippen LogP contribution in [-0.4, -0.2) is 22.2 Å². The third kappa shape index (κ3) is 3.76. The zero-order valence-electron chi connectivity index (χ0n) is 9.46. The van der Waals surface area contributed by atoms with Gasteiger partial charge in [-0.25, -0.2) is 9.59 Å². The van der Waals surface area contributed by atoms with E-state index in [0.29, 0.717) is 17.5 Å². The fourth-order valence-electron chi connectivity index (χ4n) is 1.47. The third-order valence-corrected chi connectivity index (χ3v) is 2.30. The number of carboxylic acids is 2. The second-order valence-corrected chi connectivity index (χ2v) is 3.55. The first-order chi connectivity index (χ1) is 8.54. The van der Waals surface area contributed by atoms with Crippen molar-refractivity contribution in [3.63, 3.8) is 0 Å². The summed E-state index contributed by atoms with van der Waals surface area (Å²) in [6.07, 6.45) is 3.00. The van der Waals surface area contributed by atoms with E-state index in [0.717, 1.165) is 6.08 Å². The van der Waals surface area contributed by atoms with Crippen LogP contribution in [0, 0.1) is 11.3 Å². The number of nitriles is 1. The highest BCUT2D eigenvalue weighted by molar-refractivity contribution is 5.89. The molecule has 92 valence electrons. The number of carbonyl (C=O) groups is 2. The second-order valence-electron chi connectivity index (χ2n) is 3.55. The molecule has 0 unspecified atom stereocenters. The molecular formula is C13H11NO4. The molecule has 1 rings (SSSR count). The summed E-state index contributed by atoms with van der Waals surface area (Å²) in [6.45, 7) is 0. The SMILES string of the molecule is N#CCCc1cc(C(=O)O)ccc1/C=C/C(=O)O. The van der Waals surface area contributed by atoms with Crippen LogP contribution in [0.4, 0.5) is 0 Å². The zero-order valence-corrected chi connectivity index (χ0v) is 9.46. The molecule has 5 nitrogen and oxygen atoms in total. The predicted octanol–water partition coefficient (Wildman–Crippen LogP) is 1.94. The molecule has 1 aromatic rings. The maximum Gasteiger partial charge on any atom is 0.335 e. The number of aryl methyl sites for hydroxylation is 1. The lowest BCUT2D eigenvalue weighted by Crippen LogP contribution is -1.99. The molecule has 0 amide bonds. The Kier molecular flexibility index (Phi) is 4.64. The molecule has 0 aliphatic heterocycles. The number of hydrogen-bond acceptors (Lipinski definition) is 3. The molecule has 0 saturated heterocycles. The molecule has 18 heavy (non-hydrogen) atoms. The highest BCUT2D eigenvalue weighted by atomic mass is 16.4. The monoisotopic (exact) mass is 245 g/mol. The van der Waals surface area contributed by atoms with Crippen molar-refractivity contribution in [2.24, 2.45) is 0 Å². The average molecular weight is 245 g/mol. The Morgan fingerprint density at radius 3 is 2.61 bits per heavy atom. The van der Waals surface area contributed by atoms with Crippen molar-refractivity contribution in [3.05, 3.63) is 41.0 Å². The maximum atomic E-state index is 10.8. The summed E-state index contributed by atoms with van der Waals surface area (Å²) in [7, 11) is 0. The summed E-state index contributed by atoms with van der Waals surface area (Å²) in [5.74, 6) is -2.13. The van der Waals surface area contributed by atoms with Gasteiger partial charge in [0.25, 0.3) is 0 Å². The molecule has 0 fully saturated rings. The summed E-state index contributed by atoms with van der Waals surface area (Å²) >= 11 is 0. The van der Waals surface area contributed by atoms with Crippen molar-refractivity contribution in [1.29, 1.82) is 5.26 Å². The summed E-state index contributed by atoms with van der Waals surface area (Å²) < 4.78 is 0. The fourth-order valence-corrected chi connectivity index (χ4v) is 1.47. The first-order valence-electron chi connectivity index (χ1n) is 5.18. The third-order valence-electron chi connectivity index (χ3n) is 2.30. The van der Waals surface area contributed by atoms with Gasteiger partial charge in [-0.15, -0.1) is 0 Å². The zero-order chi connectivity index (χ0) is 13.5. The van der Waals surface area contributed by atoms with Crippen LogP contribution >= 0.6 is 0 Å². The van der Waals surface area contributed by atoms with Crippen molar-refractivity contribution in [1.82, 2.24) is 0 Å². The number of aliphatic carboxylic acids is 1. The smallest absolute Gasteiger partial charge is 0.335 e. The van der Waals surface area contributed by atoms with Crippen LogP contribution < -0.4 is 0 Å².